The Kier molecular flexibility index (Phi) is 3.98. The average Bonchev–Trinajstić information content (AvgIpc) is 2.83. The number of hydrogen-bond acceptors (Lipinski definition) is 3. The van der Waals surface area contributed by atoms with Crippen LogP contribution in [0.5, 0.6) is 0 Å². The molecule has 1 heterocycles. The molecule has 0 N–H and O–H groups in total. The van der Waals surface area contributed by atoms with E-state index in [-0.39, 0.29) is 12.0 Å². The highest BCUT2D eigenvalue weighted by molar-refractivity contribution is 6.30. The zero-order chi connectivity index (χ0) is 14.0. The molecule has 1 spiro atoms. The lowest BCUT2D eigenvalue weighted by atomic mass is 9.86. The summed E-state index contributed by atoms with van der Waals surface area (Å²) in [7, 11) is 0. The molecule has 1 aromatic rings. The van der Waals surface area contributed by atoms with E-state index in [1.165, 1.54) is 5.56 Å². The van der Waals surface area contributed by atoms with Gasteiger partial charge in [-0.1, -0.05) is 23.7 Å². The van der Waals surface area contributed by atoms with Gasteiger partial charge in [-0.2, -0.15) is 5.26 Å². The average molecular weight is 292 g/mol. The molecule has 106 valence electrons. The van der Waals surface area contributed by atoms with Gasteiger partial charge in [0.25, 0.3) is 0 Å². The van der Waals surface area contributed by atoms with Crippen molar-refractivity contribution in [2.45, 2.75) is 44.0 Å². The summed E-state index contributed by atoms with van der Waals surface area (Å²) < 4.78 is 12.1. The summed E-state index contributed by atoms with van der Waals surface area (Å²) in [6.07, 6.45) is 4.33. The molecule has 2 fully saturated rings. The molecule has 0 radical (unpaired) electrons. The topological polar surface area (TPSA) is 42.2 Å². The van der Waals surface area contributed by atoms with Gasteiger partial charge in [-0.05, 0) is 30.5 Å². The fourth-order valence-electron chi connectivity index (χ4n) is 3.09. The second kappa shape index (κ2) is 5.73. The Hall–Kier alpha value is -1.08. The van der Waals surface area contributed by atoms with Crippen molar-refractivity contribution in [3.63, 3.8) is 0 Å². The molecule has 3 nitrogen and oxygen atoms in total. The first-order valence-electron chi connectivity index (χ1n) is 7.15. The smallest absolute Gasteiger partial charge is 0.169 e. The summed E-state index contributed by atoms with van der Waals surface area (Å²) in [5, 5.41) is 9.71. The largest absolute Gasteiger partial charge is 0.347 e. The van der Waals surface area contributed by atoms with Gasteiger partial charge in [-0.3, -0.25) is 0 Å². The van der Waals surface area contributed by atoms with Gasteiger partial charge >= 0.3 is 0 Å². The maximum absolute atomic E-state index is 8.95. The number of rotatable bonds is 2. The van der Waals surface area contributed by atoms with E-state index in [1.807, 2.05) is 18.2 Å². The lowest BCUT2D eigenvalue weighted by Crippen LogP contribution is -2.35. The fourth-order valence-corrected chi connectivity index (χ4v) is 3.31. The molecule has 1 atom stereocenters. The van der Waals surface area contributed by atoms with E-state index in [1.54, 1.807) is 0 Å². The molecule has 0 bridgehead atoms. The van der Waals surface area contributed by atoms with Crippen molar-refractivity contribution in [3.05, 3.63) is 34.9 Å². The van der Waals surface area contributed by atoms with Crippen LogP contribution in [0.4, 0.5) is 0 Å². The van der Waals surface area contributed by atoms with E-state index in [9.17, 15) is 0 Å². The van der Waals surface area contributed by atoms with Crippen LogP contribution in [0.15, 0.2) is 24.3 Å². The van der Waals surface area contributed by atoms with E-state index in [0.29, 0.717) is 6.61 Å². The molecule has 1 unspecified atom stereocenters. The van der Waals surface area contributed by atoms with Crippen LogP contribution in [0, 0.1) is 17.2 Å². The van der Waals surface area contributed by atoms with Crippen LogP contribution in [0.25, 0.3) is 0 Å². The van der Waals surface area contributed by atoms with Crippen molar-refractivity contribution < 1.29 is 9.47 Å². The van der Waals surface area contributed by atoms with Crippen molar-refractivity contribution in [2.24, 2.45) is 5.92 Å². The minimum absolute atomic E-state index is 0.0899. The Morgan fingerprint density at radius 1 is 1.35 bits per heavy atom. The zero-order valence-electron chi connectivity index (χ0n) is 11.3. The third-order valence-corrected chi connectivity index (χ3v) is 4.43. The number of nitriles is 1. The van der Waals surface area contributed by atoms with E-state index in [0.717, 1.165) is 37.1 Å². The number of benzene rings is 1. The summed E-state index contributed by atoms with van der Waals surface area (Å²) in [5.74, 6) is -0.267. The molecule has 20 heavy (non-hydrogen) atoms. The number of ether oxygens (including phenoxy) is 2. The highest BCUT2D eigenvalue weighted by atomic mass is 35.5. The normalized spacial score (nSPS) is 33.2. The quantitative estimate of drug-likeness (QED) is 0.834. The predicted molar refractivity (Wildman–Crippen MR) is 76.3 cm³/mol. The Labute approximate surface area is 124 Å². The highest BCUT2D eigenvalue weighted by Crippen LogP contribution is 2.40. The maximum atomic E-state index is 8.95. The first-order valence-corrected chi connectivity index (χ1v) is 7.53. The molecule has 1 saturated heterocycles. The van der Waals surface area contributed by atoms with Gasteiger partial charge in [0.2, 0.25) is 0 Å². The van der Waals surface area contributed by atoms with Crippen LogP contribution in [0.2, 0.25) is 5.02 Å². The molecule has 1 aromatic carbocycles. The van der Waals surface area contributed by atoms with Gasteiger partial charge in [-0.25, -0.2) is 0 Å². The molecular formula is C16H18ClNO2. The summed E-state index contributed by atoms with van der Waals surface area (Å²) in [6.45, 7) is 0.629. The number of hydrogen-bond donors (Lipinski definition) is 0. The van der Waals surface area contributed by atoms with Crippen LogP contribution >= 0.6 is 11.6 Å². The first-order chi connectivity index (χ1) is 9.69. The van der Waals surface area contributed by atoms with Crippen molar-refractivity contribution in [1.82, 2.24) is 0 Å². The van der Waals surface area contributed by atoms with Crippen molar-refractivity contribution in [2.75, 3.05) is 6.61 Å². The van der Waals surface area contributed by atoms with Gasteiger partial charge < -0.3 is 9.47 Å². The number of halogens is 1. The predicted octanol–water partition coefficient (Wildman–Crippen LogP) is 3.71. The highest BCUT2D eigenvalue weighted by Gasteiger charge is 2.44. The van der Waals surface area contributed by atoms with Crippen LogP contribution in [-0.4, -0.2) is 18.5 Å². The molecule has 0 aromatic heterocycles. The van der Waals surface area contributed by atoms with Gasteiger partial charge in [0.1, 0.15) is 0 Å². The van der Waals surface area contributed by atoms with E-state index >= 15 is 0 Å². The molecule has 1 aliphatic heterocycles. The molecular weight excluding hydrogens is 274 g/mol. The van der Waals surface area contributed by atoms with Gasteiger partial charge in [0.15, 0.2) is 5.79 Å². The summed E-state index contributed by atoms with van der Waals surface area (Å²) in [5.41, 5.74) is 1.17. The fraction of sp³-hybridized carbons (Fsp3) is 0.562. The van der Waals surface area contributed by atoms with Crippen molar-refractivity contribution in [1.29, 1.82) is 5.26 Å². The zero-order valence-corrected chi connectivity index (χ0v) is 12.1. The first kappa shape index (κ1) is 13.9. The second-order valence-corrected chi connectivity index (χ2v) is 6.14. The Morgan fingerprint density at radius 3 is 2.85 bits per heavy atom. The summed E-state index contributed by atoms with van der Waals surface area (Å²) in [4.78, 5) is 0. The minimum Gasteiger partial charge on any atom is -0.347 e. The molecule has 1 saturated carbocycles. The third-order valence-electron chi connectivity index (χ3n) is 4.20. The lowest BCUT2D eigenvalue weighted by Gasteiger charge is -2.33. The standard InChI is InChI=1S/C16H18ClNO2/c17-14-3-1-2-13(8-14)9-15-11-19-16(20-15)6-4-12(10-18)5-7-16/h1-3,8,12,15H,4-7,9,11H2. The molecule has 4 heteroatoms. The molecule has 1 aliphatic carbocycles. The van der Waals surface area contributed by atoms with E-state index < -0.39 is 5.79 Å². The van der Waals surface area contributed by atoms with Crippen molar-refractivity contribution >= 4 is 11.6 Å². The molecule has 3 rings (SSSR count). The minimum atomic E-state index is -0.434. The van der Waals surface area contributed by atoms with Crippen LogP contribution < -0.4 is 0 Å². The molecule has 2 aliphatic rings. The Morgan fingerprint density at radius 2 is 2.15 bits per heavy atom. The summed E-state index contributed by atoms with van der Waals surface area (Å²) in [6, 6.07) is 10.2. The summed E-state index contributed by atoms with van der Waals surface area (Å²) >= 11 is 6.00. The Balaban J connectivity index is 1.59. The number of nitrogens with zero attached hydrogens (tertiary/aromatic N) is 1. The van der Waals surface area contributed by atoms with Crippen LogP contribution in [0.3, 0.4) is 0 Å². The monoisotopic (exact) mass is 291 g/mol. The van der Waals surface area contributed by atoms with Gasteiger partial charge in [0, 0.05) is 30.2 Å². The SMILES string of the molecule is N#CC1CCC2(CC1)OCC(Cc1cccc(Cl)c1)O2. The Bertz CT molecular complexity index is 517. The maximum Gasteiger partial charge on any atom is 0.169 e. The van der Waals surface area contributed by atoms with Gasteiger partial charge in [0.05, 0.1) is 18.8 Å². The van der Waals surface area contributed by atoms with Gasteiger partial charge in [-0.15, -0.1) is 0 Å². The molecule has 0 amide bonds. The van der Waals surface area contributed by atoms with Crippen LogP contribution in [0.1, 0.15) is 31.2 Å². The third kappa shape index (κ3) is 2.98. The van der Waals surface area contributed by atoms with E-state index in [4.69, 9.17) is 26.3 Å². The van der Waals surface area contributed by atoms with Crippen molar-refractivity contribution in [3.8, 4) is 6.07 Å². The van der Waals surface area contributed by atoms with E-state index in [2.05, 4.69) is 12.1 Å². The van der Waals surface area contributed by atoms with Crippen LogP contribution in [-0.2, 0) is 15.9 Å². The lowest BCUT2D eigenvalue weighted by molar-refractivity contribution is -0.190. The second-order valence-electron chi connectivity index (χ2n) is 5.70.